The molecule has 21 heavy (non-hydrogen) atoms. The van der Waals surface area contributed by atoms with E-state index in [1.807, 2.05) is 25.1 Å². The average molecular weight is 283 g/mol. The number of morpholine rings is 1. The lowest BCUT2D eigenvalue weighted by molar-refractivity contribution is 0.00343. The molecule has 1 aliphatic rings. The number of amides is 1. The zero-order chi connectivity index (χ0) is 15.2. The number of rotatable bonds is 1. The van der Waals surface area contributed by atoms with Crippen molar-refractivity contribution in [3.05, 3.63) is 34.9 Å². The summed E-state index contributed by atoms with van der Waals surface area (Å²) in [6, 6.07) is 7.55. The van der Waals surface area contributed by atoms with E-state index < -0.39 is 6.10 Å². The second-order valence-corrected chi connectivity index (χ2v) is 4.78. The SMILES string of the molecule is Cc1ccc(C#CCN)cc1C(=O)N1CCOC(C#N)C1. The van der Waals surface area contributed by atoms with E-state index in [1.165, 1.54) is 0 Å². The third-order valence-corrected chi connectivity index (χ3v) is 3.30. The lowest BCUT2D eigenvalue weighted by atomic mass is 10.0. The number of nitrogens with zero attached hydrogens (tertiary/aromatic N) is 2. The van der Waals surface area contributed by atoms with Gasteiger partial charge in [0.2, 0.25) is 0 Å². The first-order chi connectivity index (χ1) is 10.2. The Kier molecular flexibility index (Phi) is 4.94. The molecule has 0 radical (unpaired) electrons. The lowest BCUT2D eigenvalue weighted by Crippen LogP contribution is -2.45. The molecule has 0 spiro atoms. The first-order valence-electron chi connectivity index (χ1n) is 6.75. The highest BCUT2D eigenvalue weighted by atomic mass is 16.5. The van der Waals surface area contributed by atoms with Crippen LogP contribution in [0.2, 0.25) is 0 Å². The quantitative estimate of drug-likeness (QED) is 0.768. The number of benzene rings is 1. The predicted molar refractivity (Wildman–Crippen MR) is 78.4 cm³/mol. The Bertz CT molecular complexity index is 637. The van der Waals surface area contributed by atoms with Gasteiger partial charge in [-0.2, -0.15) is 5.26 Å². The zero-order valence-electron chi connectivity index (χ0n) is 11.9. The van der Waals surface area contributed by atoms with Gasteiger partial charge >= 0.3 is 0 Å². The molecule has 1 atom stereocenters. The summed E-state index contributed by atoms with van der Waals surface area (Å²) >= 11 is 0. The molecule has 1 heterocycles. The molecule has 1 unspecified atom stereocenters. The maximum atomic E-state index is 12.6. The van der Waals surface area contributed by atoms with Crippen LogP contribution >= 0.6 is 0 Å². The molecule has 1 fully saturated rings. The highest BCUT2D eigenvalue weighted by molar-refractivity contribution is 5.96. The summed E-state index contributed by atoms with van der Waals surface area (Å²) < 4.78 is 5.26. The van der Waals surface area contributed by atoms with Crippen molar-refractivity contribution in [2.24, 2.45) is 5.73 Å². The molecule has 2 N–H and O–H groups in total. The summed E-state index contributed by atoms with van der Waals surface area (Å²) in [5.41, 5.74) is 7.62. The van der Waals surface area contributed by atoms with Crippen molar-refractivity contribution < 1.29 is 9.53 Å². The largest absolute Gasteiger partial charge is 0.360 e. The predicted octanol–water partition coefficient (Wildman–Crippen LogP) is 0.670. The second-order valence-electron chi connectivity index (χ2n) is 4.78. The molecule has 0 bridgehead atoms. The fraction of sp³-hybridized carbons (Fsp3) is 0.375. The highest BCUT2D eigenvalue weighted by Crippen LogP contribution is 2.16. The first-order valence-corrected chi connectivity index (χ1v) is 6.75. The summed E-state index contributed by atoms with van der Waals surface area (Å²) in [4.78, 5) is 14.2. The van der Waals surface area contributed by atoms with E-state index in [0.717, 1.165) is 11.1 Å². The van der Waals surface area contributed by atoms with E-state index in [9.17, 15) is 4.79 Å². The van der Waals surface area contributed by atoms with Crippen LogP contribution in [-0.4, -0.2) is 43.2 Å². The maximum Gasteiger partial charge on any atom is 0.254 e. The van der Waals surface area contributed by atoms with Crippen molar-refractivity contribution in [2.45, 2.75) is 13.0 Å². The van der Waals surface area contributed by atoms with Crippen molar-refractivity contribution in [2.75, 3.05) is 26.2 Å². The number of carbonyl (C=O) groups is 1. The van der Waals surface area contributed by atoms with Gasteiger partial charge in [-0.25, -0.2) is 0 Å². The molecule has 1 aromatic carbocycles. The Labute approximate surface area is 124 Å². The highest BCUT2D eigenvalue weighted by Gasteiger charge is 2.25. The molecular weight excluding hydrogens is 266 g/mol. The number of hydrogen-bond donors (Lipinski definition) is 1. The van der Waals surface area contributed by atoms with E-state index in [2.05, 4.69) is 11.8 Å². The Morgan fingerprint density at radius 1 is 1.57 bits per heavy atom. The van der Waals surface area contributed by atoms with Gasteiger partial charge < -0.3 is 15.4 Å². The number of carbonyl (C=O) groups excluding carboxylic acids is 1. The third-order valence-electron chi connectivity index (χ3n) is 3.30. The number of aryl methyl sites for hydroxylation is 1. The molecule has 108 valence electrons. The topological polar surface area (TPSA) is 79.3 Å². The van der Waals surface area contributed by atoms with Gasteiger partial charge in [-0.15, -0.1) is 0 Å². The van der Waals surface area contributed by atoms with Crippen molar-refractivity contribution in [1.82, 2.24) is 4.90 Å². The minimum Gasteiger partial charge on any atom is -0.360 e. The maximum absolute atomic E-state index is 12.6. The molecule has 1 amide bonds. The molecule has 2 rings (SSSR count). The van der Waals surface area contributed by atoms with Crippen LogP contribution in [0, 0.1) is 30.1 Å². The number of ether oxygens (including phenoxy) is 1. The Morgan fingerprint density at radius 2 is 2.38 bits per heavy atom. The minimum absolute atomic E-state index is 0.0903. The van der Waals surface area contributed by atoms with Crippen molar-refractivity contribution in [3.8, 4) is 17.9 Å². The van der Waals surface area contributed by atoms with Crippen LogP contribution in [0.5, 0.6) is 0 Å². The van der Waals surface area contributed by atoms with Crippen LogP contribution in [0.1, 0.15) is 21.5 Å². The Hall–Kier alpha value is -2.34. The monoisotopic (exact) mass is 283 g/mol. The molecule has 0 aliphatic carbocycles. The molecule has 1 aliphatic heterocycles. The van der Waals surface area contributed by atoms with Gasteiger partial charge in [0.15, 0.2) is 6.10 Å². The summed E-state index contributed by atoms with van der Waals surface area (Å²) in [6.07, 6.45) is -0.553. The van der Waals surface area contributed by atoms with Gasteiger partial charge in [0.25, 0.3) is 5.91 Å². The molecule has 0 saturated carbocycles. The van der Waals surface area contributed by atoms with E-state index in [0.29, 0.717) is 25.3 Å². The van der Waals surface area contributed by atoms with Crippen molar-refractivity contribution >= 4 is 5.91 Å². The third kappa shape index (κ3) is 3.61. The number of hydrogen-bond acceptors (Lipinski definition) is 4. The summed E-state index contributed by atoms with van der Waals surface area (Å²) in [5, 5.41) is 8.91. The number of nitriles is 1. The number of nitrogens with two attached hydrogens (primary N) is 1. The first kappa shape index (κ1) is 15.1. The second kappa shape index (κ2) is 6.90. The fourth-order valence-electron chi connectivity index (χ4n) is 2.17. The van der Waals surface area contributed by atoms with E-state index in [1.54, 1.807) is 11.0 Å². The van der Waals surface area contributed by atoms with Crippen LogP contribution in [0.15, 0.2) is 18.2 Å². The summed E-state index contributed by atoms with van der Waals surface area (Å²) in [6.45, 7) is 3.35. The molecule has 0 aromatic heterocycles. The smallest absolute Gasteiger partial charge is 0.254 e. The lowest BCUT2D eigenvalue weighted by Gasteiger charge is -2.30. The van der Waals surface area contributed by atoms with Crippen LogP contribution in [0.25, 0.3) is 0 Å². The van der Waals surface area contributed by atoms with Gasteiger partial charge in [0.05, 0.1) is 25.8 Å². The molecular formula is C16H17N3O2. The zero-order valence-corrected chi connectivity index (χ0v) is 11.9. The fourth-order valence-corrected chi connectivity index (χ4v) is 2.17. The molecule has 1 saturated heterocycles. The minimum atomic E-state index is -0.553. The normalized spacial score (nSPS) is 17.6. The van der Waals surface area contributed by atoms with Gasteiger partial charge in [-0.05, 0) is 24.6 Å². The van der Waals surface area contributed by atoms with Crippen molar-refractivity contribution in [1.29, 1.82) is 5.26 Å². The van der Waals surface area contributed by atoms with Crippen LogP contribution in [0.4, 0.5) is 0 Å². The summed E-state index contributed by atoms with van der Waals surface area (Å²) in [7, 11) is 0. The van der Waals surface area contributed by atoms with Crippen LogP contribution in [-0.2, 0) is 4.74 Å². The standard InChI is InChI=1S/C16H17N3O2/c1-12-4-5-13(3-2-6-17)9-15(12)16(20)19-7-8-21-14(10-18)11-19/h4-5,9,14H,6-8,11,17H2,1H3. The summed E-state index contributed by atoms with van der Waals surface area (Å²) in [5.74, 6) is 5.61. The van der Waals surface area contributed by atoms with E-state index in [4.69, 9.17) is 15.7 Å². The van der Waals surface area contributed by atoms with Crippen LogP contribution < -0.4 is 5.73 Å². The Balaban J connectivity index is 2.24. The van der Waals surface area contributed by atoms with Gasteiger partial charge in [-0.1, -0.05) is 17.9 Å². The van der Waals surface area contributed by atoms with E-state index in [-0.39, 0.29) is 12.5 Å². The molecule has 5 heteroatoms. The van der Waals surface area contributed by atoms with Crippen LogP contribution in [0.3, 0.4) is 0 Å². The van der Waals surface area contributed by atoms with Gasteiger partial charge in [0, 0.05) is 17.7 Å². The molecule has 1 aromatic rings. The van der Waals surface area contributed by atoms with Gasteiger partial charge in [0.1, 0.15) is 0 Å². The van der Waals surface area contributed by atoms with E-state index >= 15 is 0 Å². The van der Waals surface area contributed by atoms with Crippen molar-refractivity contribution in [3.63, 3.8) is 0 Å². The van der Waals surface area contributed by atoms with Gasteiger partial charge in [-0.3, -0.25) is 4.79 Å². The Morgan fingerprint density at radius 3 is 3.10 bits per heavy atom. The average Bonchev–Trinajstić information content (AvgIpc) is 2.53. The molecule has 5 nitrogen and oxygen atoms in total.